The molecule has 1 aliphatic carbocycles. The number of aliphatic carboxylic acids is 1. The van der Waals surface area contributed by atoms with Crippen LogP contribution in [0.4, 0.5) is 0 Å². The summed E-state index contributed by atoms with van der Waals surface area (Å²) in [6.45, 7) is 4.74. The summed E-state index contributed by atoms with van der Waals surface area (Å²) in [7, 11) is 0. The second-order valence-corrected chi connectivity index (χ2v) is 4.88. The van der Waals surface area contributed by atoms with Crippen LogP contribution in [0.25, 0.3) is 0 Å². The quantitative estimate of drug-likeness (QED) is 0.712. The maximum absolute atomic E-state index is 12.1. The van der Waals surface area contributed by atoms with Gasteiger partial charge in [0.25, 0.3) is 0 Å². The molecule has 18 heavy (non-hydrogen) atoms. The molecule has 0 spiro atoms. The Kier molecular flexibility index (Phi) is 4.69. The van der Waals surface area contributed by atoms with Gasteiger partial charge in [0, 0.05) is 19.5 Å². The van der Waals surface area contributed by atoms with Crippen molar-refractivity contribution in [3.63, 3.8) is 0 Å². The first kappa shape index (κ1) is 14.5. The van der Waals surface area contributed by atoms with Crippen LogP contribution in [0.5, 0.6) is 0 Å². The number of hydrogen-bond donors (Lipinski definition) is 2. The van der Waals surface area contributed by atoms with Gasteiger partial charge < -0.3 is 15.3 Å². The smallest absolute Gasteiger partial charge is 0.308 e. The highest BCUT2D eigenvalue weighted by molar-refractivity contribution is 5.87. The Bertz CT molecular complexity index is 352. The molecule has 0 aromatic rings. The minimum Gasteiger partial charge on any atom is -0.481 e. The first-order valence-corrected chi connectivity index (χ1v) is 6.13. The van der Waals surface area contributed by atoms with Crippen LogP contribution in [0, 0.1) is 5.92 Å². The van der Waals surface area contributed by atoms with Crippen LogP contribution in [-0.4, -0.2) is 46.4 Å². The van der Waals surface area contributed by atoms with Gasteiger partial charge in [-0.1, -0.05) is 6.92 Å². The monoisotopic (exact) mass is 256 g/mol. The predicted octanol–water partition coefficient (Wildman–Crippen LogP) is 0.223. The van der Waals surface area contributed by atoms with Crippen LogP contribution in [0.3, 0.4) is 0 Å². The van der Waals surface area contributed by atoms with Gasteiger partial charge >= 0.3 is 5.97 Å². The van der Waals surface area contributed by atoms with Gasteiger partial charge in [-0.2, -0.15) is 0 Å². The van der Waals surface area contributed by atoms with E-state index in [1.165, 1.54) is 6.92 Å². The molecule has 1 aliphatic rings. The predicted molar refractivity (Wildman–Crippen MR) is 64.8 cm³/mol. The van der Waals surface area contributed by atoms with Gasteiger partial charge in [0.1, 0.15) is 6.04 Å². The standard InChI is InChI=1S/C12H20N2O4/c1-7(12(17)18)6-14(10-4-5-10)11(16)8(2)13-9(3)15/h7-8,10H,4-6H2,1-3H3,(H,13,15)(H,17,18). The van der Waals surface area contributed by atoms with Crippen molar-refractivity contribution in [3.05, 3.63) is 0 Å². The highest BCUT2D eigenvalue weighted by Gasteiger charge is 2.36. The summed E-state index contributed by atoms with van der Waals surface area (Å²) in [4.78, 5) is 35.5. The summed E-state index contributed by atoms with van der Waals surface area (Å²) in [5.74, 6) is -1.99. The zero-order valence-electron chi connectivity index (χ0n) is 11.0. The normalized spacial score (nSPS) is 17.7. The van der Waals surface area contributed by atoms with Crippen LogP contribution < -0.4 is 5.32 Å². The van der Waals surface area contributed by atoms with E-state index in [1.54, 1.807) is 18.7 Å². The molecule has 1 saturated carbocycles. The van der Waals surface area contributed by atoms with Crippen molar-refractivity contribution in [2.45, 2.75) is 45.7 Å². The molecule has 102 valence electrons. The lowest BCUT2D eigenvalue weighted by Gasteiger charge is -2.27. The molecule has 2 atom stereocenters. The Labute approximate surface area is 106 Å². The summed E-state index contributed by atoms with van der Waals surface area (Å²) >= 11 is 0. The fraction of sp³-hybridized carbons (Fsp3) is 0.750. The molecule has 0 saturated heterocycles. The van der Waals surface area contributed by atoms with E-state index in [2.05, 4.69) is 5.32 Å². The highest BCUT2D eigenvalue weighted by atomic mass is 16.4. The highest BCUT2D eigenvalue weighted by Crippen LogP contribution is 2.28. The van der Waals surface area contributed by atoms with Crippen molar-refractivity contribution in [2.75, 3.05) is 6.54 Å². The second kappa shape index (κ2) is 5.84. The first-order chi connectivity index (χ1) is 8.32. The lowest BCUT2D eigenvalue weighted by Crippen LogP contribution is -2.49. The number of hydrogen-bond acceptors (Lipinski definition) is 3. The molecule has 2 N–H and O–H groups in total. The fourth-order valence-electron chi connectivity index (χ4n) is 1.79. The maximum atomic E-state index is 12.1. The van der Waals surface area contributed by atoms with Crippen LogP contribution >= 0.6 is 0 Å². The van der Waals surface area contributed by atoms with E-state index in [4.69, 9.17) is 5.11 Å². The molecule has 2 unspecified atom stereocenters. The average molecular weight is 256 g/mol. The molecule has 0 radical (unpaired) electrons. The van der Waals surface area contributed by atoms with Gasteiger partial charge in [0.2, 0.25) is 11.8 Å². The average Bonchev–Trinajstić information content (AvgIpc) is 3.07. The van der Waals surface area contributed by atoms with Gasteiger partial charge in [-0.05, 0) is 19.8 Å². The molecule has 6 heteroatoms. The Hall–Kier alpha value is -1.59. The maximum Gasteiger partial charge on any atom is 0.308 e. The summed E-state index contributed by atoms with van der Waals surface area (Å²) in [6.07, 6.45) is 1.82. The number of carboxylic acids is 1. The SMILES string of the molecule is CC(=O)NC(C)C(=O)N(CC(C)C(=O)O)C1CC1. The van der Waals surface area contributed by atoms with Gasteiger partial charge in [-0.3, -0.25) is 14.4 Å². The lowest BCUT2D eigenvalue weighted by atomic mass is 10.1. The molecule has 0 aliphatic heterocycles. The number of amides is 2. The van der Waals surface area contributed by atoms with Gasteiger partial charge in [0.15, 0.2) is 0 Å². The van der Waals surface area contributed by atoms with E-state index in [9.17, 15) is 14.4 Å². The van der Waals surface area contributed by atoms with Crippen molar-refractivity contribution in [3.8, 4) is 0 Å². The molecule has 1 fully saturated rings. The molecule has 1 rings (SSSR count). The van der Waals surface area contributed by atoms with E-state index in [0.29, 0.717) is 0 Å². The third-order valence-electron chi connectivity index (χ3n) is 2.95. The van der Waals surface area contributed by atoms with E-state index >= 15 is 0 Å². The van der Waals surface area contributed by atoms with Crippen molar-refractivity contribution in [1.82, 2.24) is 10.2 Å². The number of nitrogens with one attached hydrogen (secondary N) is 1. The molecule has 2 amide bonds. The van der Waals surface area contributed by atoms with Crippen molar-refractivity contribution in [2.24, 2.45) is 5.92 Å². The molecule has 0 aromatic carbocycles. The Morgan fingerprint density at radius 1 is 1.33 bits per heavy atom. The zero-order valence-corrected chi connectivity index (χ0v) is 11.0. The minimum atomic E-state index is -0.916. The van der Waals surface area contributed by atoms with Crippen LogP contribution in [0.2, 0.25) is 0 Å². The number of carbonyl (C=O) groups excluding carboxylic acids is 2. The van der Waals surface area contributed by atoms with Gasteiger partial charge in [-0.15, -0.1) is 0 Å². The topological polar surface area (TPSA) is 86.7 Å². The molecule has 0 heterocycles. The van der Waals surface area contributed by atoms with Crippen LogP contribution in [-0.2, 0) is 14.4 Å². The van der Waals surface area contributed by atoms with Crippen molar-refractivity contribution >= 4 is 17.8 Å². The van der Waals surface area contributed by atoms with Gasteiger partial charge in [0.05, 0.1) is 5.92 Å². The van der Waals surface area contributed by atoms with Crippen molar-refractivity contribution in [1.29, 1.82) is 0 Å². The summed E-state index contributed by atoms with van der Waals surface area (Å²) in [5, 5.41) is 11.4. The minimum absolute atomic E-state index is 0.135. The number of carboxylic acid groups (broad SMARTS) is 1. The third-order valence-corrected chi connectivity index (χ3v) is 2.95. The van der Waals surface area contributed by atoms with Crippen LogP contribution in [0.15, 0.2) is 0 Å². The molecular weight excluding hydrogens is 236 g/mol. The zero-order chi connectivity index (χ0) is 13.9. The Balaban J connectivity index is 2.63. The van der Waals surface area contributed by atoms with Crippen LogP contribution in [0.1, 0.15) is 33.6 Å². The number of nitrogens with zero attached hydrogens (tertiary/aromatic N) is 1. The molecular formula is C12H20N2O4. The lowest BCUT2D eigenvalue weighted by molar-refractivity contribution is -0.144. The number of rotatable bonds is 6. The molecule has 0 aromatic heterocycles. The fourth-order valence-corrected chi connectivity index (χ4v) is 1.79. The number of carbonyl (C=O) groups is 3. The Morgan fingerprint density at radius 2 is 1.89 bits per heavy atom. The first-order valence-electron chi connectivity index (χ1n) is 6.13. The largest absolute Gasteiger partial charge is 0.481 e. The van der Waals surface area contributed by atoms with Gasteiger partial charge in [-0.25, -0.2) is 0 Å². The van der Waals surface area contributed by atoms with E-state index in [0.717, 1.165) is 12.8 Å². The third kappa shape index (κ3) is 4.01. The molecule has 6 nitrogen and oxygen atoms in total. The van der Waals surface area contributed by atoms with Crippen molar-refractivity contribution < 1.29 is 19.5 Å². The summed E-state index contributed by atoms with van der Waals surface area (Å²) in [5.41, 5.74) is 0. The second-order valence-electron chi connectivity index (χ2n) is 4.88. The van der Waals surface area contributed by atoms with E-state index in [-0.39, 0.29) is 24.4 Å². The van der Waals surface area contributed by atoms with E-state index < -0.39 is 17.9 Å². The summed E-state index contributed by atoms with van der Waals surface area (Å²) in [6, 6.07) is -0.473. The Morgan fingerprint density at radius 3 is 2.28 bits per heavy atom. The van der Waals surface area contributed by atoms with E-state index in [1.807, 2.05) is 0 Å². The summed E-state index contributed by atoms with van der Waals surface area (Å²) < 4.78 is 0. The molecule has 0 bridgehead atoms.